The van der Waals surface area contributed by atoms with Crippen molar-refractivity contribution in [2.45, 2.75) is 0 Å². The molecule has 2 heterocycles. The maximum absolute atomic E-state index is 6.73. The van der Waals surface area contributed by atoms with Crippen molar-refractivity contribution in [3.63, 3.8) is 0 Å². The van der Waals surface area contributed by atoms with Crippen LogP contribution in [0.1, 0.15) is 0 Å². The molecule has 2 aromatic heterocycles. The molecule has 54 heavy (non-hydrogen) atoms. The Morgan fingerprint density at radius 2 is 0.778 bits per heavy atom. The van der Waals surface area contributed by atoms with E-state index in [2.05, 4.69) is 170 Å². The Labute approximate surface area is 310 Å². The second-order valence-electron chi connectivity index (χ2n) is 14.3. The minimum atomic E-state index is 0.869. The topological polar surface area (TPSA) is 26.3 Å². The molecule has 12 rings (SSSR count). The average molecular weight is 687 g/mol. The SMILES string of the molecule is c1cc(-c2ccc3oc4c(c3c2)c2ccccc2c2oc3ccccc3c24)cc(-c2c3ccccc3c(-c3ccc4ccccc4c3)c3ccccc23)c1. The number of hydrogen-bond acceptors (Lipinski definition) is 2. The zero-order chi connectivity index (χ0) is 35.3. The summed E-state index contributed by atoms with van der Waals surface area (Å²) in [5, 5.41) is 14.1. The fourth-order valence-electron chi connectivity index (χ4n) is 9.03. The van der Waals surface area contributed by atoms with Crippen LogP contribution in [0, 0.1) is 0 Å². The van der Waals surface area contributed by atoms with Gasteiger partial charge in [-0.1, -0.05) is 152 Å². The molecule has 0 amide bonds. The van der Waals surface area contributed by atoms with Gasteiger partial charge < -0.3 is 8.83 Å². The molecule has 0 spiro atoms. The monoisotopic (exact) mass is 686 g/mol. The van der Waals surface area contributed by atoms with Gasteiger partial charge in [0.05, 0.1) is 5.39 Å². The molecule has 0 N–H and O–H groups in total. The van der Waals surface area contributed by atoms with Gasteiger partial charge in [0.1, 0.15) is 22.3 Å². The van der Waals surface area contributed by atoms with E-state index in [0.717, 1.165) is 65.8 Å². The zero-order valence-electron chi connectivity index (χ0n) is 29.1. The maximum atomic E-state index is 6.73. The van der Waals surface area contributed by atoms with Crippen molar-refractivity contribution in [2.24, 2.45) is 0 Å². The number of hydrogen-bond donors (Lipinski definition) is 0. The van der Waals surface area contributed by atoms with Crippen LogP contribution in [0.2, 0.25) is 0 Å². The van der Waals surface area contributed by atoms with E-state index in [-0.39, 0.29) is 0 Å². The second kappa shape index (κ2) is 11.2. The largest absolute Gasteiger partial charge is 0.455 e. The molecule has 2 nitrogen and oxygen atoms in total. The average Bonchev–Trinajstić information content (AvgIpc) is 3.82. The van der Waals surface area contributed by atoms with Gasteiger partial charge in [-0.25, -0.2) is 0 Å². The summed E-state index contributed by atoms with van der Waals surface area (Å²) in [7, 11) is 0. The van der Waals surface area contributed by atoms with Crippen LogP contribution >= 0.6 is 0 Å². The van der Waals surface area contributed by atoms with Crippen LogP contribution in [-0.2, 0) is 0 Å². The molecule has 10 aromatic carbocycles. The quantitative estimate of drug-likeness (QED) is 0.173. The van der Waals surface area contributed by atoms with Crippen LogP contribution < -0.4 is 0 Å². The third-order valence-corrected chi connectivity index (χ3v) is 11.4. The molecule has 2 heteroatoms. The number of para-hydroxylation sites is 1. The summed E-state index contributed by atoms with van der Waals surface area (Å²) < 4.78 is 13.2. The minimum absolute atomic E-state index is 0.869. The Hall–Kier alpha value is -7.16. The van der Waals surface area contributed by atoms with Crippen molar-refractivity contribution < 1.29 is 8.83 Å². The number of furan rings is 2. The van der Waals surface area contributed by atoms with E-state index < -0.39 is 0 Å². The highest BCUT2D eigenvalue weighted by atomic mass is 16.3. The molecule has 0 saturated carbocycles. The van der Waals surface area contributed by atoms with Gasteiger partial charge >= 0.3 is 0 Å². The predicted molar refractivity (Wildman–Crippen MR) is 227 cm³/mol. The predicted octanol–water partition coefficient (Wildman–Crippen LogP) is 15.1. The van der Waals surface area contributed by atoms with Crippen LogP contribution in [0.15, 0.2) is 191 Å². The Morgan fingerprint density at radius 1 is 0.259 bits per heavy atom. The van der Waals surface area contributed by atoms with Gasteiger partial charge in [-0.05, 0) is 101 Å². The maximum Gasteiger partial charge on any atom is 0.147 e. The van der Waals surface area contributed by atoms with Crippen LogP contribution in [0.3, 0.4) is 0 Å². The molecule has 0 bridgehead atoms. The highest BCUT2D eigenvalue weighted by Gasteiger charge is 2.22. The van der Waals surface area contributed by atoms with Crippen molar-refractivity contribution in [3.8, 4) is 33.4 Å². The van der Waals surface area contributed by atoms with E-state index in [4.69, 9.17) is 8.83 Å². The van der Waals surface area contributed by atoms with Crippen molar-refractivity contribution in [3.05, 3.63) is 182 Å². The third-order valence-electron chi connectivity index (χ3n) is 11.4. The second-order valence-corrected chi connectivity index (χ2v) is 14.3. The van der Waals surface area contributed by atoms with Crippen molar-refractivity contribution >= 4 is 87.0 Å². The lowest BCUT2D eigenvalue weighted by molar-refractivity contribution is 0.665. The Morgan fingerprint density at radius 3 is 1.52 bits per heavy atom. The van der Waals surface area contributed by atoms with E-state index in [1.807, 2.05) is 12.1 Å². The van der Waals surface area contributed by atoms with Crippen LogP contribution in [-0.4, -0.2) is 0 Å². The molecular formula is C52H30O2. The van der Waals surface area contributed by atoms with Crippen LogP contribution in [0.25, 0.3) is 120 Å². The molecule has 0 unspecified atom stereocenters. The van der Waals surface area contributed by atoms with Gasteiger partial charge in [-0.2, -0.15) is 0 Å². The van der Waals surface area contributed by atoms with E-state index in [1.54, 1.807) is 0 Å². The standard InChI is InChI=1S/C52H30O2/c1-2-13-32-28-36(25-24-31(32)12-1)48-39-18-5-3-16-37(39)47(38-17-4-6-19-40(38)48)35-15-11-14-33(29-35)34-26-27-46-44(30-34)49-41-20-7-8-21-42(41)51-50(52(49)54-46)43-22-9-10-23-45(43)53-51/h1-30H. The van der Waals surface area contributed by atoms with Crippen molar-refractivity contribution in [1.82, 2.24) is 0 Å². The Balaban J connectivity index is 1.08. The summed E-state index contributed by atoms with van der Waals surface area (Å²) in [6, 6.07) is 65.7. The first kappa shape index (κ1) is 29.4. The molecule has 0 atom stereocenters. The van der Waals surface area contributed by atoms with E-state index >= 15 is 0 Å². The summed E-state index contributed by atoms with van der Waals surface area (Å²) >= 11 is 0. The molecule has 12 aromatic rings. The van der Waals surface area contributed by atoms with Gasteiger partial charge in [-0.15, -0.1) is 0 Å². The summed E-state index contributed by atoms with van der Waals surface area (Å²) in [6.45, 7) is 0. The summed E-state index contributed by atoms with van der Waals surface area (Å²) in [5.41, 5.74) is 10.7. The molecule has 0 aliphatic carbocycles. The lowest BCUT2D eigenvalue weighted by Gasteiger charge is -2.18. The summed E-state index contributed by atoms with van der Waals surface area (Å²) in [6.07, 6.45) is 0. The zero-order valence-corrected chi connectivity index (χ0v) is 29.1. The number of benzene rings is 10. The number of rotatable bonds is 3. The molecular weight excluding hydrogens is 657 g/mol. The lowest BCUT2D eigenvalue weighted by atomic mass is 9.85. The van der Waals surface area contributed by atoms with Crippen LogP contribution in [0.4, 0.5) is 0 Å². The molecule has 250 valence electrons. The first-order chi connectivity index (χ1) is 26.8. The van der Waals surface area contributed by atoms with Crippen molar-refractivity contribution in [2.75, 3.05) is 0 Å². The lowest BCUT2D eigenvalue weighted by Crippen LogP contribution is -1.91. The highest BCUT2D eigenvalue weighted by Crippen LogP contribution is 2.47. The van der Waals surface area contributed by atoms with E-state index in [1.165, 1.54) is 54.6 Å². The van der Waals surface area contributed by atoms with Gasteiger partial charge in [0, 0.05) is 21.5 Å². The van der Waals surface area contributed by atoms with Crippen LogP contribution in [0.5, 0.6) is 0 Å². The first-order valence-electron chi connectivity index (χ1n) is 18.5. The Kier molecular flexibility index (Phi) is 6.09. The number of fused-ring (bicyclic) bond motifs is 13. The van der Waals surface area contributed by atoms with E-state index in [0.29, 0.717) is 0 Å². The first-order valence-corrected chi connectivity index (χ1v) is 18.5. The summed E-state index contributed by atoms with van der Waals surface area (Å²) in [4.78, 5) is 0. The fourth-order valence-corrected chi connectivity index (χ4v) is 9.03. The summed E-state index contributed by atoms with van der Waals surface area (Å²) in [5.74, 6) is 0. The van der Waals surface area contributed by atoms with E-state index in [9.17, 15) is 0 Å². The molecule has 0 radical (unpaired) electrons. The third kappa shape index (κ3) is 4.17. The molecule has 0 saturated heterocycles. The molecule has 0 aliphatic rings. The van der Waals surface area contributed by atoms with Gasteiger partial charge in [0.15, 0.2) is 0 Å². The normalized spacial score (nSPS) is 12.1. The highest BCUT2D eigenvalue weighted by molar-refractivity contribution is 6.33. The smallest absolute Gasteiger partial charge is 0.147 e. The Bertz CT molecular complexity index is 3450. The molecule has 0 fully saturated rings. The van der Waals surface area contributed by atoms with Gasteiger partial charge in [0.2, 0.25) is 0 Å². The van der Waals surface area contributed by atoms with Crippen molar-refractivity contribution in [1.29, 1.82) is 0 Å². The van der Waals surface area contributed by atoms with Gasteiger partial charge in [0.25, 0.3) is 0 Å². The minimum Gasteiger partial charge on any atom is -0.455 e. The van der Waals surface area contributed by atoms with Gasteiger partial charge in [-0.3, -0.25) is 0 Å². The fraction of sp³-hybridized carbons (Fsp3) is 0. The molecule has 0 aliphatic heterocycles.